The molecule has 3 heterocycles. The molecule has 1 N–H and O–H groups in total. The van der Waals surface area contributed by atoms with Gasteiger partial charge in [0.15, 0.2) is 0 Å². The number of fused-ring (bicyclic) bond motifs is 3. The highest BCUT2D eigenvalue weighted by Crippen LogP contribution is 2.41. The van der Waals surface area contributed by atoms with Crippen molar-refractivity contribution in [3.8, 4) is 0 Å². The van der Waals surface area contributed by atoms with E-state index in [0.29, 0.717) is 11.5 Å². The normalized spacial score (nSPS) is 23.5. The average Bonchev–Trinajstić information content (AvgIpc) is 3.08. The molecule has 3 aromatic rings. The molecule has 6 heteroatoms. The SMILES string of the molecule is CC(=O)NC(F)(Cc1ccccc1)C(=O)N1C2CCC1CC(Cc1ccc3ccncc3c1)C2. The molecule has 2 amide bonds. The Hall–Kier alpha value is -3.28. The van der Waals surface area contributed by atoms with E-state index in [4.69, 9.17) is 0 Å². The van der Waals surface area contributed by atoms with Crippen LogP contribution in [0.25, 0.3) is 10.8 Å². The van der Waals surface area contributed by atoms with Crippen molar-refractivity contribution in [1.29, 1.82) is 0 Å². The summed E-state index contributed by atoms with van der Waals surface area (Å²) in [6.45, 7) is 1.26. The number of carbonyl (C=O) groups is 2. The third kappa shape index (κ3) is 4.54. The van der Waals surface area contributed by atoms with Crippen LogP contribution in [0.15, 0.2) is 67.0 Å². The largest absolute Gasteiger partial charge is 0.332 e. The first kappa shape index (κ1) is 22.5. The monoisotopic (exact) mass is 459 g/mol. The van der Waals surface area contributed by atoms with E-state index in [0.717, 1.165) is 37.5 Å². The predicted octanol–water partition coefficient (Wildman–Crippen LogP) is 4.59. The van der Waals surface area contributed by atoms with Crippen LogP contribution in [0.5, 0.6) is 0 Å². The van der Waals surface area contributed by atoms with E-state index in [9.17, 15) is 9.59 Å². The van der Waals surface area contributed by atoms with Gasteiger partial charge in [0.25, 0.3) is 11.7 Å². The zero-order valence-corrected chi connectivity index (χ0v) is 19.4. The summed E-state index contributed by atoms with van der Waals surface area (Å²) in [5, 5.41) is 4.65. The van der Waals surface area contributed by atoms with Crippen molar-refractivity contribution >= 4 is 22.6 Å². The molecule has 0 aliphatic carbocycles. The second-order valence-corrected chi connectivity index (χ2v) is 9.84. The molecule has 0 radical (unpaired) electrons. The predicted molar refractivity (Wildman–Crippen MR) is 130 cm³/mol. The first-order valence-electron chi connectivity index (χ1n) is 12.1. The maximum atomic E-state index is 16.1. The van der Waals surface area contributed by atoms with Gasteiger partial charge in [-0.3, -0.25) is 14.6 Å². The van der Waals surface area contributed by atoms with Gasteiger partial charge in [0.2, 0.25) is 5.91 Å². The van der Waals surface area contributed by atoms with E-state index in [2.05, 4.69) is 28.5 Å². The fourth-order valence-corrected chi connectivity index (χ4v) is 5.92. The summed E-state index contributed by atoms with van der Waals surface area (Å²) in [6, 6.07) is 17.6. The van der Waals surface area contributed by atoms with E-state index >= 15 is 4.39 Å². The lowest BCUT2D eigenvalue weighted by atomic mass is 9.85. The summed E-state index contributed by atoms with van der Waals surface area (Å²) in [4.78, 5) is 31.4. The molecule has 3 unspecified atom stereocenters. The molecule has 2 aliphatic rings. The second-order valence-electron chi connectivity index (χ2n) is 9.84. The number of benzene rings is 2. The molecule has 34 heavy (non-hydrogen) atoms. The number of halogens is 1. The van der Waals surface area contributed by atoms with Gasteiger partial charge >= 0.3 is 0 Å². The Morgan fingerprint density at radius 2 is 1.76 bits per heavy atom. The maximum Gasteiger partial charge on any atom is 0.282 e. The summed E-state index contributed by atoms with van der Waals surface area (Å²) < 4.78 is 16.1. The van der Waals surface area contributed by atoms with E-state index in [1.807, 2.05) is 30.5 Å². The number of hydrogen-bond acceptors (Lipinski definition) is 3. The molecular formula is C28H30FN3O2. The first-order chi connectivity index (χ1) is 16.4. The Balaban J connectivity index is 1.32. The first-order valence-corrected chi connectivity index (χ1v) is 12.1. The number of hydrogen-bond donors (Lipinski definition) is 1. The van der Waals surface area contributed by atoms with Gasteiger partial charge in [-0.1, -0.05) is 42.5 Å². The molecule has 5 rings (SSSR count). The van der Waals surface area contributed by atoms with Crippen molar-refractivity contribution in [2.45, 2.75) is 63.3 Å². The lowest BCUT2D eigenvalue weighted by Crippen LogP contribution is -2.61. The number of amides is 2. The van der Waals surface area contributed by atoms with Crippen LogP contribution >= 0.6 is 0 Å². The van der Waals surface area contributed by atoms with Crippen LogP contribution in [0.3, 0.4) is 0 Å². The highest BCUT2D eigenvalue weighted by atomic mass is 19.1. The molecule has 3 atom stereocenters. The number of pyridine rings is 1. The highest BCUT2D eigenvalue weighted by Gasteiger charge is 2.51. The summed E-state index contributed by atoms with van der Waals surface area (Å²) in [7, 11) is 0. The third-order valence-electron chi connectivity index (χ3n) is 7.30. The molecule has 176 valence electrons. The van der Waals surface area contributed by atoms with Gasteiger partial charge in [0, 0.05) is 43.2 Å². The van der Waals surface area contributed by atoms with Crippen molar-refractivity contribution in [2.24, 2.45) is 5.92 Å². The molecule has 0 spiro atoms. The molecule has 2 aliphatic heterocycles. The average molecular weight is 460 g/mol. The van der Waals surface area contributed by atoms with Crippen LogP contribution in [0.4, 0.5) is 4.39 Å². The van der Waals surface area contributed by atoms with Gasteiger partial charge in [-0.25, -0.2) is 4.39 Å². The minimum Gasteiger partial charge on any atom is -0.332 e. The van der Waals surface area contributed by atoms with Crippen molar-refractivity contribution < 1.29 is 14.0 Å². The number of rotatable bonds is 6. The zero-order valence-electron chi connectivity index (χ0n) is 19.4. The molecule has 2 bridgehead atoms. The van der Waals surface area contributed by atoms with E-state index < -0.39 is 17.6 Å². The molecule has 2 fully saturated rings. The Morgan fingerprint density at radius 1 is 1.03 bits per heavy atom. The quantitative estimate of drug-likeness (QED) is 0.549. The highest BCUT2D eigenvalue weighted by molar-refractivity contribution is 5.90. The minimum absolute atomic E-state index is 0.0121. The smallest absolute Gasteiger partial charge is 0.282 e. The molecule has 2 aromatic carbocycles. The van der Waals surface area contributed by atoms with Gasteiger partial charge in [-0.05, 0) is 66.7 Å². The van der Waals surface area contributed by atoms with Crippen LogP contribution in [0.2, 0.25) is 0 Å². The van der Waals surface area contributed by atoms with Gasteiger partial charge in [0.05, 0.1) is 0 Å². The van der Waals surface area contributed by atoms with E-state index in [1.54, 1.807) is 23.2 Å². The van der Waals surface area contributed by atoms with Crippen molar-refractivity contribution in [3.63, 3.8) is 0 Å². The fourth-order valence-electron chi connectivity index (χ4n) is 5.92. The van der Waals surface area contributed by atoms with Crippen LogP contribution in [-0.4, -0.2) is 39.6 Å². The van der Waals surface area contributed by atoms with E-state index in [-0.39, 0.29) is 18.5 Å². The number of carbonyl (C=O) groups excluding carboxylic acids is 2. The lowest BCUT2D eigenvalue weighted by molar-refractivity contribution is -0.155. The van der Waals surface area contributed by atoms with Crippen LogP contribution in [0, 0.1) is 5.92 Å². The third-order valence-corrected chi connectivity index (χ3v) is 7.30. The van der Waals surface area contributed by atoms with Gasteiger partial charge in [-0.15, -0.1) is 0 Å². The number of alkyl halides is 1. The van der Waals surface area contributed by atoms with Crippen molar-refractivity contribution in [1.82, 2.24) is 15.2 Å². The van der Waals surface area contributed by atoms with Crippen molar-refractivity contribution in [2.75, 3.05) is 0 Å². The molecule has 2 saturated heterocycles. The Bertz CT molecular complexity index is 1190. The fraction of sp³-hybridized carbons (Fsp3) is 0.393. The topological polar surface area (TPSA) is 62.3 Å². The zero-order chi connectivity index (χ0) is 23.7. The standard InChI is InChI=1S/C28H30FN3O2/c1-19(33)31-28(29,17-20-5-3-2-4-6-20)27(34)32-25-9-10-26(32)16-22(15-25)13-21-7-8-23-11-12-30-18-24(23)14-21/h2-8,11-12,14,18,22,25-26H,9-10,13,15-17H2,1H3,(H,31,33). The Morgan fingerprint density at radius 3 is 2.47 bits per heavy atom. The number of aromatic nitrogens is 1. The van der Waals surface area contributed by atoms with E-state index in [1.165, 1.54) is 17.9 Å². The van der Waals surface area contributed by atoms with Crippen LogP contribution in [-0.2, 0) is 22.4 Å². The van der Waals surface area contributed by atoms with Crippen molar-refractivity contribution in [3.05, 3.63) is 78.1 Å². The summed E-state index contributed by atoms with van der Waals surface area (Å²) in [5.41, 5.74) is 1.95. The van der Waals surface area contributed by atoms with Crippen LogP contribution in [0.1, 0.15) is 43.7 Å². The van der Waals surface area contributed by atoms with Crippen LogP contribution < -0.4 is 5.32 Å². The van der Waals surface area contributed by atoms with Gasteiger partial charge in [-0.2, -0.15) is 0 Å². The summed E-state index contributed by atoms with van der Waals surface area (Å²) in [5.74, 6) is -3.14. The molecule has 5 nitrogen and oxygen atoms in total. The number of nitrogens with one attached hydrogen (secondary N) is 1. The van der Waals surface area contributed by atoms with Gasteiger partial charge in [0.1, 0.15) is 0 Å². The Labute approximate surface area is 199 Å². The van der Waals surface area contributed by atoms with Gasteiger partial charge < -0.3 is 10.2 Å². The molecule has 1 aromatic heterocycles. The molecular weight excluding hydrogens is 429 g/mol. The Kier molecular flexibility index (Phi) is 6.07. The molecule has 0 saturated carbocycles. The number of piperidine rings is 1. The maximum absolute atomic E-state index is 16.1. The second kappa shape index (κ2) is 9.16. The minimum atomic E-state index is -2.44. The summed E-state index contributed by atoms with van der Waals surface area (Å²) in [6.07, 6.45) is 7.94. The summed E-state index contributed by atoms with van der Waals surface area (Å²) >= 11 is 0. The number of nitrogens with zero attached hydrogens (tertiary/aromatic N) is 2. The lowest BCUT2D eigenvalue weighted by Gasteiger charge is -2.42.